The van der Waals surface area contributed by atoms with E-state index in [1.807, 2.05) is 0 Å². The SMILES string of the molecule is CC(NC(=O)c1cccc([N+](=O)[O-])c1)C(=O)Nc1ccc(F)c(NC(=O)OC(C)(C)C)c1. The minimum atomic E-state index is -1.02. The number of carbonyl (C=O) groups excluding carboxylic acids is 3. The molecule has 0 saturated heterocycles. The van der Waals surface area contributed by atoms with E-state index in [2.05, 4.69) is 16.0 Å². The van der Waals surface area contributed by atoms with E-state index >= 15 is 0 Å². The van der Waals surface area contributed by atoms with Crippen molar-refractivity contribution in [1.29, 1.82) is 0 Å². The van der Waals surface area contributed by atoms with E-state index in [-0.39, 0.29) is 22.6 Å². The number of hydrogen-bond donors (Lipinski definition) is 3. The van der Waals surface area contributed by atoms with E-state index in [4.69, 9.17) is 4.74 Å². The van der Waals surface area contributed by atoms with E-state index < -0.39 is 40.3 Å². The third-order valence-corrected chi connectivity index (χ3v) is 3.93. The number of anilines is 2. The fourth-order valence-electron chi connectivity index (χ4n) is 2.47. The Labute approximate surface area is 183 Å². The molecule has 0 fully saturated rings. The molecule has 0 bridgehead atoms. The van der Waals surface area contributed by atoms with Crippen LogP contribution in [0.5, 0.6) is 0 Å². The third-order valence-electron chi connectivity index (χ3n) is 3.93. The molecule has 0 aliphatic rings. The summed E-state index contributed by atoms with van der Waals surface area (Å²) < 4.78 is 19.1. The van der Waals surface area contributed by atoms with Crippen LogP contribution >= 0.6 is 0 Å². The number of amides is 3. The molecule has 10 nitrogen and oxygen atoms in total. The topological polar surface area (TPSA) is 140 Å². The second-order valence-electron chi connectivity index (χ2n) is 7.81. The van der Waals surface area contributed by atoms with Gasteiger partial charge in [-0.15, -0.1) is 0 Å². The maximum atomic E-state index is 14.0. The average molecular weight is 446 g/mol. The first kappa shape index (κ1) is 24.3. The molecule has 2 aromatic rings. The molecule has 170 valence electrons. The highest BCUT2D eigenvalue weighted by Crippen LogP contribution is 2.21. The zero-order valence-electron chi connectivity index (χ0n) is 17.9. The van der Waals surface area contributed by atoms with Crippen molar-refractivity contribution in [2.24, 2.45) is 0 Å². The molecule has 0 spiro atoms. The van der Waals surface area contributed by atoms with Crippen molar-refractivity contribution in [3.05, 3.63) is 64.0 Å². The van der Waals surface area contributed by atoms with E-state index in [1.54, 1.807) is 20.8 Å². The lowest BCUT2D eigenvalue weighted by Crippen LogP contribution is -2.41. The summed E-state index contributed by atoms with van der Waals surface area (Å²) in [4.78, 5) is 46.8. The van der Waals surface area contributed by atoms with E-state index in [0.717, 1.165) is 12.1 Å². The molecule has 0 aliphatic carbocycles. The molecule has 3 amide bonds. The number of nitro groups is 1. The number of hydrogen-bond acceptors (Lipinski definition) is 6. The molecule has 0 heterocycles. The lowest BCUT2D eigenvalue weighted by atomic mass is 10.1. The Morgan fingerprint density at radius 1 is 1.09 bits per heavy atom. The average Bonchev–Trinajstić information content (AvgIpc) is 2.69. The standard InChI is InChI=1S/C21H23FN4O6/c1-12(23-19(28)13-6-5-7-15(10-13)26(30)31)18(27)24-14-8-9-16(22)17(11-14)25-20(29)32-21(2,3)4/h5-12H,1-4H3,(H,23,28)(H,24,27)(H,25,29). The van der Waals surface area contributed by atoms with Crippen LogP contribution in [-0.4, -0.2) is 34.5 Å². The molecule has 2 rings (SSSR count). The molecular weight excluding hydrogens is 423 g/mol. The van der Waals surface area contributed by atoms with Crippen molar-refractivity contribution in [2.75, 3.05) is 10.6 Å². The minimum absolute atomic E-state index is 0.0180. The first-order valence-electron chi connectivity index (χ1n) is 9.51. The predicted molar refractivity (Wildman–Crippen MR) is 115 cm³/mol. The van der Waals surface area contributed by atoms with Gasteiger partial charge in [0.15, 0.2) is 0 Å². The predicted octanol–water partition coefficient (Wildman–Crippen LogP) is 3.84. The monoisotopic (exact) mass is 446 g/mol. The zero-order valence-corrected chi connectivity index (χ0v) is 17.9. The Kier molecular flexibility index (Phi) is 7.47. The number of ether oxygens (including phenoxy) is 1. The summed E-state index contributed by atoms with van der Waals surface area (Å²) in [7, 11) is 0. The summed E-state index contributed by atoms with van der Waals surface area (Å²) in [5.74, 6) is -2.04. The lowest BCUT2D eigenvalue weighted by molar-refractivity contribution is -0.384. The lowest BCUT2D eigenvalue weighted by Gasteiger charge is -2.20. The van der Waals surface area contributed by atoms with Gasteiger partial charge < -0.3 is 15.4 Å². The van der Waals surface area contributed by atoms with Crippen molar-refractivity contribution >= 4 is 35.0 Å². The van der Waals surface area contributed by atoms with Gasteiger partial charge in [0, 0.05) is 23.4 Å². The Hall–Kier alpha value is -4.02. The smallest absolute Gasteiger partial charge is 0.412 e. The summed E-state index contributed by atoms with van der Waals surface area (Å²) in [6, 6.07) is 7.58. The van der Waals surface area contributed by atoms with Crippen LogP contribution in [0.4, 0.5) is 26.2 Å². The highest BCUT2D eigenvalue weighted by molar-refractivity contribution is 6.01. The number of non-ortho nitro benzene ring substituents is 1. The van der Waals surface area contributed by atoms with E-state index in [1.165, 1.54) is 37.3 Å². The van der Waals surface area contributed by atoms with Crippen molar-refractivity contribution in [3.63, 3.8) is 0 Å². The zero-order chi connectivity index (χ0) is 24.1. The number of nitrogens with one attached hydrogen (secondary N) is 3. The molecular formula is C21H23FN4O6. The number of benzene rings is 2. The first-order chi connectivity index (χ1) is 14.9. The summed E-state index contributed by atoms with van der Waals surface area (Å²) >= 11 is 0. The molecule has 0 aliphatic heterocycles. The van der Waals surface area contributed by atoms with Crippen LogP contribution in [0.15, 0.2) is 42.5 Å². The Morgan fingerprint density at radius 2 is 1.78 bits per heavy atom. The third kappa shape index (κ3) is 7.04. The Bertz CT molecular complexity index is 1050. The van der Waals surface area contributed by atoms with Gasteiger partial charge in [-0.25, -0.2) is 9.18 Å². The van der Waals surface area contributed by atoms with Crippen molar-refractivity contribution in [2.45, 2.75) is 39.3 Å². The van der Waals surface area contributed by atoms with Gasteiger partial charge in [-0.05, 0) is 52.0 Å². The summed E-state index contributed by atoms with van der Waals surface area (Å²) in [6.45, 7) is 6.38. The van der Waals surface area contributed by atoms with Gasteiger partial charge in [0.25, 0.3) is 11.6 Å². The Balaban J connectivity index is 2.04. The fraction of sp³-hybridized carbons (Fsp3) is 0.286. The van der Waals surface area contributed by atoms with Crippen LogP contribution in [0.25, 0.3) is 0 Å². The van der Waals surface area contributed by atoms with Crippen LogP contribution in [0, 0.1) is 15.9 Å². The number of nitro benzene ring substituents is 1. The van der Waals surface area contributed by atoms with Gasteiger partial charge >= 0.3 is 6.09 Å². The summed E-state index contributed by atoms with van der Waals surface area (Å²) in [6.07, 6.45) is -0.863. The maximum Gasteiger partial charge on any atom is 0.412 e. The van der Waals surface area contributed by atoms with Crippen LogP contribution in [0.3, 0.4) is 0 Å². The van der Waals surface area contributed by atoms with Crippen molar-refractivity contribution in [1.82, 2.24) is 5.32 Å². The van der Waals surface area contributed by atoms with Crippen LogP contribution in [-0.2, 0) is 9.53 Å². The molecule has 0 saturated carbocycles. The molecule has 3 N–H and O–H groups in total. The van der Waals surface area contributed by atoms with Gasteiger partial charge in [0.2, 0.25) is 5.91 Å². The number of rotatable bonds is 6. The number of nitrogens with zero attached hydrogens (tertiary/aromatic N) is 1. The highest BCUT2D eigenvalue weighted by atomic mass is 19.1. The van der Waals surface area contributed by atoms with Gasteiger partial charge in [0.1, 0.15) is 17.5 Å². The van der Waals surface area contributed by atoms with Crippen LogP contribution in [0.2, 0.25) is 0 Å². The minimum Gasteiger partial charge on any atom is -0.444 e. The second-order valence-corrected chi connectivity index (χ2v) is 7.81. The van der Waals surface area contributed by atoms with E-state index in [0.29, 0.717) is 0 Å². The van der Waals surface area contributed by atoms with Crippen molar-refractivity contribution < 1.29 is 28.4 Å². The molecule has 0 radical (unpaired) electrons. The first-order valence-corrected chi connectivity index (χ1v) is 9.51. The quantitative estimate of drug-likeness (QED) is 0.455. The molecule has 32 heavy (non-hydrogen) atoms. The van der Waals surface area contributed by atoms with E-state index in [9.17, 15) is 28.9 Å². The number of halogens is 1. The van der Waals surface area contributed by atoms with Crippen LogP contribution < -0.4 is 16.0 Å². The van der Waals surface area contributed by atoms with Gasteiger partial charge in [0.05, 0.1) is 10.6 Å². The molecule has 0 aromatic heterocycles. The van der Waals surface area contributed by atoms with Crippen molar-refractivity contribution in [3.8, 4) is 0 Å². The fourth-order valence-corrected chi connectivity index (χ4v) is 2.47. The van der Waals surface area contributed by atoms with Crippen LogP contribution in [0.1, 0.15) is 38.1 Å². The molecule has 2 aromatic carbocycles. The number of carbonyl (C=O) groups is 3. The largest absolute Gasteiger partial charge is 0.444 e. The molecule has 1 atom stereocenters. The normalized spacial score (nSPS) is 11.8. The summed E-state index contributed by atoms with van der Waals surface area (Å²) in [5.41, 5.74) is -1.06. The summed E-state index contributed by atoms with van der Waals surface area (Å²) in [5, 5.41) is 18.0. The molecule has 11 heteroatoms. The van der Waals surface area contributed by atoms with Gasteiger partial charge in [-0.1, -0.05) is 6.07 Å². The highest BCUT2D eigenvalue weighted by Gasteiger charge is 2.20. The molecule has 1 unspecified atom stereocenters. The maximum absolute atomic E-state index is 14.0. The van der Waals surface area contributed by atoms with Gasteiger partial charge in [-0.3, -0.25) is 25.0 Å². The Morgan fingerprint density at radius 3 is 2.41 bits per heavy atom. The van der Waals surface area contributed by atoms with Gasteiger partial charge in [-0.2, -0.15) is 0 Å². The second kappa shape index (κ2) is 9.86.